The molecule has 0 atom stereocenters. The van der Waals surface area contributed by atoms with Gasteiger partial charge in [-0.3, -0.25) is 5.73 Å². The van der Waals surface area contributed by atoms with Gasteiger partial charge in [-0.15, -0.1) is 0 Å². The second-order valence-corrected chi connectivity index (χ2v) is 3.39. The van der Waals surface area contributed by atoms with Crippen molar-refractivity contribution >= 4 is 5.95 Å². The van der Waals surface area contributed by atoms with Gasteiger partial charge in [-0.25, -0.2) is 9.55 Å². The van der Waals surface area contributed by atoms with E-state index in [1.807, 2.05) is 17.0 Å². The van der Waals surface area contributed by atoms with Crippen molar-refractivity contribution in [2.24, 2.45) is 0 Å². The van der Waals surface area contributed by atoms with Crippen molar-refractivity contribution in [1.29, 1.82) is 0 Å². The maximum Gasteiger partial charge on any atom is 0.353 e. The number of imidazole rings is 1. The Bertz CT molecular complexity index is 219. The molecule has 1 aromatic rings. The van der Waals surface area contributed by atoms with Crippen LogP contribution in [0.3, 0.4) is 0 Å². The summed E-state index contributed by atoms with van der Waals surface area (Å²) in [5, 5.41) is 0. The first-order valence-electron chi connectivity index (χ1n) is 3.37. The molecule has 3 N–H and O–H groups in total. The number of nitrogens with zero attached hydrogens (tertiary/aromatic N) is 1. The normalized spacial score (nSPS) is 11.9. The number of hydrogen-bond donors (Lipinski definition) is 2. The van der Waals surface area contributed by atoms with Crippen LogP contribution in [0.5, 0.6) is 0 Å². The molecule has 0 spiro atoms. The van der Waals surface area contributed by atoms with Crippen LogP contribution >= 0.6 is 0 Å². The van der Waals surface area contributed by atoms with Gasteiger partial charge in [0.1, 0.15) is 0 Å². The SMILES string of the molecule is CC(C)(C)[n+]1cc[nH]c1N. The quantitative estimate of drug-likeness (QED) is 0.510. The van der Waals surface area contributed by atoms with Crippen LogP contribution in [0.4, 0.5) is 5.95 Å². The fourth-order valence-corrected chi connectivity index (χ4v) is 0.932. The van der Waals surface area contributed by atoms with E-state index in [1.165, 1.54) is 0 Å². The fraction of sp³-hybridized carbons (Fsp3) is 0.571. The molecule has 0 amide bonds. The average molecular weight is 140 g/mol. The van der Waals surface area contributed by atoms with Gasteiger partial charge in [0.25, 0.3) is 0 Å². The first-order chi connectivity index (χ1) is 4.52. The highest BCUT2D eigenvalue weighted by Crippen LogP contribution is 2.04. The van der Waals surface area contributed by atoms with E-state index >= 15 is 0 Å². The van der Waals surface area contributed by atoms with E-state index in [-0.39, 0.29) is 5.54 Å². The number of nitrogens with two attached hydrogens (primary N) is 1. The fourth-order valence-electron chi connectivity index (χ4n) is 0.932. The largest absolute Gasteiger partial charge is 0.353 e. The van der Waals surface area contributed by atoms with E-state index in [4.69, 9.17) is 5.73 Å². The first-order valence-corrected chi connectivity index (χ1v) is 3.37. The summed E-state index contributed by atoms with van der Waals surface area (Å²) < 4.78 is 1.99. The van der Waals surface area contributed by atoms with E-state index in [9.17, 15) is 0 Å². The Hall–Kier alpha value is -0.990. The molecule has 1 heterocycles. The summed E-state index contributed by atoms with van der Waals surface area (Å²) in [6.07, 6.45) is 3.77. The number of H-pyrrole nitrogens is 1. The Balaban J connectivity index is 3.05. The minimum Gasteiger partial charge on any atom is -0.290 e. The predicted octanol–water partition coefficient (Wildman–Crippen LogP) is 0.639. The number of nitrogens with one attached hydrogen (secondary N) is 1. The zero-order valence-electron chi connectivity index (χ0n) is 6.68. The molecule has 0 bridgehead atoms. The van der Waals surface area contributed by atoms with E-state index < -0.39 is 0 Å². The van der Waals surface area contributed by atoms with Gasteiger partial charge >= 0.3 is 5.95 Å². The van der Waals surface area contributed by atoms with Gasteiger partial charge in [0, 0.05) is 0 Å². The minimum absolute atomic E-state index is 0.0735. The number of hydrogen-bond acceptors (Lipinski definition) is 1. The van der Waals surface area contributed by atoms with Crippen molar-refractivity contribution in [3.05, 3.63) is 12.4 Å². The molecule has 0 radical (unpaired) electrons. The first kappa shape index (κ1) is 7.12. The van der Waals surface area contributed by atoms with Crippen LogP contribution < -0.4 is 10.3 Å². The van der Waals surface area contributed by atoms with E-state index in [0.29, 0.717) is 5.95 Å². The van der Waals surface area contributed by atoms with Crippen LogP contribution in [0, 0.1) is 0 Å². The summed E-state index contributed by atoms with van der Waals surface area (Å²) in [6.45, 7) is 6.32. The van der Waals surface area contributed by atoms with Crippen LogP contribution in [-0.4, -0.2) is 4.98 Å². The zero-order valence-corrected chi connectivity index (χ0v) is 6.68. The molecule has 0 aliphatic rings. The lowest BCUT2D eigenvalue weighted by molar-refractivity contribution is -0.739. The summed E-state index contributed by atoms with van der Waals surface area (Å²) in [6, 6.07) is 0. The predicted molar refractivity (Wildman–Crippen MR) is 40.4 cm³/mol. The lowest BCUT2D eigenvalue weighted by atomic mass is 10.1. The number of aromatic nitrogens is 2. The molecule has 1 aromatic heterocycles. The topological polar surface area (TPSA) is 45.7 Å². The Morgan fingerprint density at radius 3 is 2.30 bits per heavy atom. The van der Waals surface area contributed by atoms with Gasteiger partial charge in [-0.1, -0.05) is 0 Å². The third-order valence-corrected chi connectivity index (χ3v) is 1.44. The van der Waals surface area contributed by atoms with Gasteiger partial charge < -0.3 is 0 Å². The van der Waals surface area contributed by atoms with E-state index in [1.54, 1.807) is 0 Å². The third-order valence-electron chi connectivity index (χ3n) is 1.44. The molecular weight excluding hydrogens is 126 g/mol. The van der Waals surface area contributed by atoms with Crippen molar-refractivity contribution in [1.82, 2.24) is 4.98 Å². The van der Waals surface area contributed by atoms with Crippen molar-refractivity contribution in [3.63, 3.8) is 0 Å². The molecule has 3 heteroatoms. The van der Waals surface area contributed by atoms with Gasteiger partial charge in [-0.05, 0) is 20.8 Å². The molecule has 0 aliphatic carbocycles. The lowest BCUT2D eigenvalue weighted by Crippen LogP contribution is -2.50. The van der Waals surface area contributed by atoms with E-state index in [2.05, 4.69) is 25.8 Å². The number of rotatable bonds is 0. The highest BCUT2D eigenvalue weighted by atomic mass is 15.2. The van der Waals surface area contributed by atoms with Gasteiger partial charge in [0.05, 0.1) is 17.9 Å². The zero-order chi connectivity index (χ0) is 7.78. The number of aromatic amines is 1. The molecule has 0 saturated carbocycles. The highest BCUT2D eigenvalue weighted by Gasteiger charge is 2.19. The monoisotopic (exact) mass is 140 g/mol. The molecule has 0 fully saturated rings. The van der Waals surface area contributed by atoms with Crippen LogP contribution in [-0.2, 0) is 5.54 Å². The summed E-state index contributed by atoms with van der Waals surface area (Å²) in [7, 11) is 0. The third kappa shape index (κ3) is 1.12. The minimum atomic E-state index is 0.0735. The van der Waals surface area contributed by atoms with Crippen molar-refractivity contribution in [2.45, 2.75) is 26.3 Å². The molecule has 0 aliphatic heterocycles. The maximum absolute atomic E-state index is 5.63. The van der Waals surface area contributed by atoms with E-state index in [0.717, 1.165) is 0 Å². The van der Waals surface area contributed by atoms with Crippen LogP contribution in [0.2, 0.25) is 0 Å². The molecular formula is C7H14N3+. The van der Waals surface area contributed by atoms with Gasteiger partial charge in [-0.2, -0.15) is 0 Å². The maximum atomic E-state index is 5.63. The lowest BCUT2D eigenvalue weighted by Gasteiger charge is -2.15. The Morgan fingerprint density at radius 1 is 1.50 bits per heavy atom. The molecule has 0 saturated heterocycles. The summed E-state index contributed by atoms with van der Waals surface area (Å²) >= 11 is 0. The van der Waals surface area contributed by atoms with Crippen molar-refractivity contribution in [2.75, 3.05) is 5.73 Å². The Labute approximate surface area is 60.9 Å². The van der Waals surface area contributed by atoms with Crippen LogP contribution in [0.15, 0.2) is 12.4 Å². The van der Waals surface area contributed by atoms with Gasteiger partial charge in [0.2, 0.25) is 0 Å². The molecule has 0 unspecified atom stereocenters. The second kappa shape index (κ2) is 2.01. The van der Waals surface area contributed by atoms with Crippen LogP contribution in [0.1, 0.15) is 20.8 Å². The number of nitrogen functional groups attached to an aromatic ring is 1. The molecule has 56 valence electrons. The van der Waals surface area contributed by atoms with Crippen molar-refractivity contribution in [3.8, 4) is 0 Å². The summed E-state index contributed by atoms with van der Waals surface area (Å²) in [5.74, 6) is 0.701. The number of anilines is 1. The smallest absolute Gasteiger partial charge is 0.290 e. The standard InChI is InChI=1S/C7H13N3/c1-7(2,3)10-5-4-9-6(10)8/h4-5H,1-3H3,(H2,8,9)/p+1. The molecule has 1 rings (SSSR count). The second-order valence-electron chi connectivity index (χ2n) is 3.39. The van der Waals surface area contributed by atoms with Gasteiger partial charge in [0.15, 0.2) is 0 Å². The Morgan fingerprint density at radius 2 is 2.10 bits per heavy atom. The van der Waals surface area contributed by atoms with Crippen LogP contribution in [0.25, 0.3) is 0 Å². The van der Waals surface area contributed by atoms with Crippen molar-refractivity contribution < 1.29 is 4.57 Å². The molecule has 3 nitrogen and oxygen atoms in total. The molecule has 0 aromatic carbocycles. The average Bonchev–Trinajstić information content (AvgIpc) is 2.11. The highest BCUT2D eigenvalue weighted by molar-refractivity contribution is 5.03. The summed E-state index contributed by atoms with van der Waals surface area (Å²) in [5.41, 5.74) is 5.71. The Kier molecular flexibility index (Phi) is 1.43. The molecule has 10 heavy (non-hydrogen) atoms. The summed E-state index contributed by atoms with van der Waals surface area (Å²) in [4.78, 5) is 2.92.